The standard InChI is InChI=1S/C18H22ClNS/c1-4-17(20)18(14-6-5-7-15(19)11-14)21-16-9-8-12(2)13(3)10-16/h5-11,17-18H,4,20H2,1-3H3. The molecular formula is C18H22ClNS. The minimum absolute atomic E-state index is 0.107. The third-order valence-corrected chi connectivity index (χ3v) is 5.42. The first-order valence-electron chi connectivity index (χ1n) is 7.26. The van der Waals surface area contributed by atoms with Crippen LogP contribution >= 0.6 is 23.4 Å². The fourth-order valence-electron chi connectivity index (χ4n) is 2.23. The van der Waals surface area contributed by atoms with Gasteiger partial charge in [-0.15, -0.1) is 11.8 Å². The first-order chi connectivity index (χ1) is 10.0. The fraction of sp³-hybridized carbons (Fsp3) is 0.333. The Morgan fingerprint density at radius 3 is 2.48 bits per heavy atom. The summed E-state index contributed by atoms with van der Waals surface area (Å²) in [6, 6.07) is 14.7. The molecule has 2 N–H and O–H groups in total. The first kappa shape index (κ1) is 16.4. The number of aryl methyl sites for hydroxylation is 2. The van der Waals surface area contributed by atoms with Gasteiger partial charge in [-0.1, -0.05) is 36.7 Å². The van der Waals surface area contributed by atoms with Crippen LogP contribution in [0, 0.1) is 13.8 Å². The Hall–Kier alpha value is -0.960. The predicted molar refractivity (Wildman–Crippen MR) is 94.2 cm³/mol. The molecule has 0 spiro atoms. The summed E-state index contributed by atoms with van der Waals surface area (Å²) in [4.78, 5) is 1.26. The van der Waals surface area contributed by atoms with Crippen LogP contribution in [0.5, 0.6) is 0 Å². The number of thioether (sulfide) groups is 1. The summed E-state index contributed by atoms with van der Waals surface area (Å²) in [5, 5.41) is 0.984. The molecule has 0 heterocycles. The molecule has 0 fully saturated rings. The summed E-state index contributed by atoms with van der Waals surface area (Å²) in [7, 11) is 0. The molecule has 2 unspecified atom stereocenters. The Labute approximate surface area is 136 Å². The lowest BCUT2D eigenvalue weighted by atomic mass is 10.0. The summed E-state index contributed by atoms with van der Waals surface area (Å²) >= 11 is 7.96. The molecule has 0 aliphatic rings. The summed E-state index contributed by atoms with van der Waals surface area (Å²) < 4.78 is 0. The van der Waals surface area contributed by atoms with Crippen molar-refractivity contribution in [1.82, 2.24) is 0 Å². The highest BCUT2D eigenvalue weighted by molar-refractivity contribution is 7.99. The van der Waals surface area contributed by atoms with Gasteiger partial charge in [0.15, 0.2) is 0 Å². The van der Waals surface area contributed by atoms with E-state index in [-0.39, 0.29) is 11.3 Å². The van der Waals surface area contributed by atoms with Gasteiger partial charge in [0.2, 0.25) is 0 Å². The second-order valence-corrected chi connectivity index (χ2v) is 7.06. The largest absolute Gasteiger partial charge is 0.326 e. The molecule has 0 radical (unpaired) electrons. The molecule has 0 saturated carbocycles. The van der Waals surface area contributed by atoms with Crippen molar-refractivity contribution in [3.8, 4) is 0 Å². The van der Waals surface area contributed by atoms with Crippen molar-refractivity contribution in [2.45, 2.75) is 43.4 Å². The molecule has 0 amide bonds. The van der Waals surface area contributed by atoms with Crippen molar-refractivity contribution < 1.29 is 0 Å². The quantitative estimate of drug-likeness (QED) is 0.733. The highest BCUT2D eigenvalue weighted by Crippen LogP contribution is 2.39. The predicted octanol–water partition coefficient (Wildman–Crippen LogP) is 5.53. The zero-order valence-electron chi connectivity index (χ0n) is 12.8. The van der Waals surface area contributed by atoms with E-state index in [4.69, 9.17) is 17.3 Å². The van der Waals surface area contributed by atoms with E-state index in [1.165, 1.54) is 21.6 Å². The third-order valence-electron chi connectivity index (χ3n) is 3.78. The van der Waals surface area contributed by atoms with Crippen molar-refractivity contribution in [2.24, 2.45) is 5.73 Å². The molecule has 2 rings (SSSR count). The van der Waals surface area contributed by atoms with Gasteiger partial charge >= 0.3 is 0 Å². The maximum Gasteiger partial charge on any atom is 0.0495 e. The third kappa shape index (κ3) is 4.26. The van der Waals surface area contributed by atoms with Crippen LogP contribution in [0.3, 0.4) is 0 Å². The number of benzene rings is 2. The fourth-order valence-corrected chi connectivity index (χ4v) is 3.77. The number of halogens is 1. The molecule has 2 atom stereocenters. The lowest BCUT2D eigenvalue weighted by molar-refractivity contribution is 0.634. The minimum Gasteiger partial charge on any atom is -0.326 e. The van der Waals surface area contributed by atoms with Gasteiger partial charge in [0.25, 0.3) is 0 Å². The van der Waals surface area contributed by atoms with E-state index in [9.17, 15) is 0 Å². The van der Waals surface area contributed by atoms with Crippen LogP contribution in [0.4, 0.5) is 0 Å². The Kier molecular flexibility index (Phi) is 5.74. The minimum atomic E-state index is 0.107. The van der Waals surface area contributed by atoms with Crippen molar-refractivity contribution in [3.05, 3.63) is 64.2 Å². The highest BCUT2D eigenvalue weighted by atomic mass is 35.5. The zero-order valence-corrected chi connectivity index (χ0v) is 14.3. The highest BCUT2D eigenvalue weighted by Gasteiger charge is 2.20. The van der Waals surface area contributed by atoms with Gasteiger partial charge in [0, 0.05) is 21.2 Å². The zero-order chi connectivity index (χ0) is 15.4. The average Bonchev–Trinajstić information content (AvgIpc) is 2.47. The Morgan fingerprint density at radius 1 is 1.10 bits per heavy atom. The van der Waals surface area contributed by atoms with Gasteiger partial charge < -0.3 is 5.73 Å². The molecule has 0 aromatic heterocycles. The molecule has 2 aromatic carbocycles. The Bertz CT molecular complexity index is 612. The number of nitrogens with two attached hydrogens (primary N) is 1. The summed E-state index contributed by atoms with van der Waals surface area (Å²) in [5.74, 6) is 0. The number of rotatable bonds is 5. The van der Waals surface area contributed by atoms with Crippen molar-refractivity contribution in [1.29, 1.82) is 0 Å². The molecular weight excluding hydrogens is 298 g/mol. The normalized spacial score (nSPS) is 14.0. The van der Waals surface area contributed by atoms with E-state index in [0.29, 0.717) is 0 Å². The van der Waals surface area contributed by atoms with Crippen molar-refractivity contribution in [2.75, 3.05) is 0 Å². The Balaban J connectivity index is 2.30. The van der Waals surface area contributed by atoms with Gasteiger partial charge in [-0.05, 0) is 61.2 Å². The van der Waals surface area contributed by atoms with E-state index >= 15 is 0 Å². The molecule has 2 aromatic rings. The summed E-state index contributed by atoms with van der Waals surface area (Å²) in [6.07, 6.45) is 0.940. The smallest absolute Gasteiger partial charge is 0.0495 e. The van der Waals surface area contributed by atoms with Gasteiger partial charge in [-0.25, -0.2) is 0 Å². The summed E-state index contributed by atoms with van der Waals surface area (Å²) in [5.41, 5.74) is 10.2. The maximum atomic E-state index is 6.35. The molecule has 21 heavy (non-hydrogen) atoms. The van der Waals surface area contributed by atoms with Gasteiger partial charge in [-0.2, -0.15) is 0 Å². The van der Waals surface area contributed by atoms with Crippen LogP contribution in [0.2, 0.25) is 5.02 Å². The van der Waals surface area contributed by atoms with E-state index < -0.39 is 0 Å². The second kappa shape index (κ2) is 7.35. The van der Waals surface area contributed by atoms with Crippen LogP contribution in [0.1, 0.15) is 35.3 Å². The van der Waals surface area contributed by atoms with E-state index in [1.807, 2.05) is 30.0 Å². The van der Waals surface area contributed by atoms with Crippen LogP contribution in [0.15, 0.2) is 47.4 Å². The maximum absolute atomic E-state index is 6.35. The van der Waals surface area contributed by atoms with Crippen LogP contribution in [0.25, 0.3) is 0 Å². The van der Waals surface area contributed by atoms with Gasteiger partial charge in [-0.3, -0.25) is 0 Å². The SMILES string of the molecule is CCC(N)C(Sc1ccc(C)c(C)c1)c1cccc(Cl)c1. The second-order valence-electron chi connectivity index (χ2n) is 5.41. The topological polar surface area (TPSA) is 26.0 Å². The lowest BCUT2D eigenvalue weighted by Gasteiger charge is -2.23. The molecule has 112 valence electrons. The van der Waals surface area contributed by atoms with Crippen molar-refractivity contribution >= 4 is 23.4 Å². The molecule has 0 saturated heterocycles. The molecule has 1 nitrogen and oxygen atoms in total. The van der Waals surface area contributed by atoms with E-state index in [1.54, 1.807) is 0 Å². The van der Waals surface area contributed by atoms with Gasteiger partial charge in [0.05, 0.1) is 0 Å². The average molecular weight is 320 g/mol. The number of hydrogen-bond acceptors (Lipinski definition) is 2. The lowest BCUT2D eigenvalue weighted by Crippen LogP contribution is -2.25. The van der Waals surface area contributed by atoms with E-state index in [0.717, 1.165) is 11.4 Å². The Morgan fingerprint density at radius 2 is 1.86 bits per heavy atom. The van der Waals surface area contributed by atoms with Gasteiger partial charge in [0.1, 0.15) is 0 Å². The van der Waals surface area contributed by atoms with Crippen LogP contribution in [-0.4, -0.2) is 6.04 Å². The molecule has 0 aliphatic carbocycles. The van der Waals surface area contributed by atoms with Crippen LogP contribution < -0.4 is 5.73 Å². The monoisotopic (exact) mass is 319 g/mol. The van der Waals surface area contributed by atoms with Crippen LogP contribution in [-0.2, 0) is 0 Å². The van der Waals surface area contributed by atoms with Crippen molar-refractivity contribution in [3.63, 3.8) is 0 Å². The molecule has 0 aliphatic heterocycles. The first-order valence-corrected chi connectivity index (χ1v) is 8.52. The summed E-state index contributed by atoms with van der Waals surface area (Å²) in [6.45, 7) is 6.41. The number of hydrogen-bond donors (Lipinski definition) is 1. The molecule has 0 bridgehead atoms. The van der Waals surface area contributed by atoms with E-state index in [2.05, 4.69) is 45.0 Å². The molecule has 3 heteroatoms.